The topological polar surface area (TPSA) is 55.1 Å². The number of hydrogen-bond acceptors (Lipinski definition) is 2. The maximum atomic E-state index is 11.9. The summed E-state index contributed by atoms with van der Waals surface area (Å²) in [4.78, 5) is 11.9. The second kappa shape index (κ2) is 7.95. The van der Waals surface area contributed by atoms with Crippen LogP contribution < -0.4 is 11.1 Å². The zero-order valence-electron chi connectivity index (χ0n) is 12.3. The summed E-state index contributed by atoms with van der Waals surface area (Å²) in [6.45, 7) is 7.56. The number of nitrogens with two attached hydrogens (primary N) is 1. The Morgan fingerprint density at radius 3 is 2.58 bits per heavy atom. The number of carbonyl (C=O) groups is 1. The van der Waals surface area contributed by atoms with Crippen molar-refractivity contribution >= 4 is 5.91 Å². The molecule has 3 N–H and O–H groups in total. The van der Waals surface area contributed by atoms with Crippen molar-refractivity contribution < 1.29 is 4.79 Å². The van der Waals surface area contributed by atoms with Gasteiger partial charge in [-0.3, -0.25) is 4.79 Å². The predicted molar refractivity (Wildman–Crippen MR) is 79.6 cm³/mol. The third-order valence-electron chi connectivity index (χ3n) is 3.35. The van der Waals surface area contributed by atoms with Gasteiger partial charge in [0.05, 0.1) is 0 Å². The summed E-state index contributed by atoms with van der Waals surface area (Å²) < 4.78 is 0. The van der Waals surface area contributed by atoms with E-state index in [1.165, 1.54) is 11.1 Å². The van der Waals surface area contributed by atoms with E-state index < -0.39 is 0 Å². The first-order chi connectivity index (χ1) is 9.02. The molecule has 0 radical (unpaired) electrons. The molecule has 0 fully saturated rings. The van der Waals surface area contributed by atoms with Crippen molar-refractivity contribution in [2.24, 2.45) is 17.6 Å². The largest absolute Gasteiger partial charge is 0.352 e. The van der Waals surface area contributed by atoms with E-state index in [1.807, 2.05) is 18.2 Å². The van der Waals surface area contributed by atoms with Crippen LogP contribution in [0.25, 0.3) is 0 Å². The molecule has 0 aliphatic heterocycles. The van der Waals surface area contributed by atoms with Crippen LogP contribution in [-0.4, -0.2) is 12.5 Å². The van der Waals surface area contributed by atoms with Crippen LogP contribution in [0, 0.1) is 18.8 Å². The van der Waals surface area contributed by atoms with Crippen molar-refractivity contribution in [1.82, 2.24) is 5.32 Å². The molecule has 1 rings (SSSR count). The average Bonchev–Trinajstić information content (AvgIpc) is 2.36. The van der Waals surface area contributed by atoms with Crippen LogP contribution in [0.4, 0.5) is 0 Å². The monoisotopic (exact) mass is 262 g/mol. The standard InChI is InChI=1S/C16H26N2O/c1-12(2)8-14(10-17)9-16(19)18-11-15-7-5-4-6-13(15)3/h4-7,12,14H,8-11,17H2,1-3H3,(H,18,19). The van der Waals surface area contributed by atoms with Crippen molar-refractivity contribution in [3.05, 3.63) is 35.4 Å². The smallest absolute Gasteiger partial charge is 0.220 e. The van der Waals surface area contributed by atoms with Crippen molar-refractivity contribution in [2.45, 2.75) is 40.2 Å². The summed E-state index contributed by atoms with van der Waals surface area (Å²) in [6, 6.07) is 8.11. The number of nitrogens with one attached hydrogen (secondary N) is 1. The lowest BCUT2D eigenvalue weighted by molar-refractivity contribution is -0.122. The van der Waals surface area contributed by atoms with Gasteiger partial charge in [0.15, 0.2) is 0 Å². The highest BCUT2D eigenvalue weighted by molar-refractivity contribution is 5.76. The number of aryl methyl sites for hydroxylation is 1. The fraction of sp³-hybridized carbons (Fsp3) is 0.562. The molecule has 1 aromatic rings. The highest BCUT2D eigenvalue weighted by atomic mass is 16.1. The van der Waals surface area contributed by atoms with Crippen molar-refractivity contribution in [1.29, 1.82) is 0 Å². The first-order valence-electron chi connectivity index (χ1n) is 7.04. The molecule has 3 heteroatoms. The molecule has 0 aromatic heterocycles. The van der Waals surface area contributed by atoms with Crippen LogP contribution in [0.3, 0.4) is 0 Å². The maximum Gasteiger partial charge on any atom is 0.220 e. The SMILES string of the molecule is Cc1ccccc1CNC(=O)CC(CN)CC(C)C. The van der Waals surface area contributed by atoms with Gasteiger partial charge in [0.25, 0.3) is 0 Å². The molecular formula is C16H26N2O. The van der Waals surface area contributed by atoms with Crippen LogP contribution in [0.1, 0.15) is 37.8 Å². The second-order valence-electron chi connectivity index (χ2n) is 5.64. The molecule has 106 valence electrons. The highest BCUT2D eigenvalue weighted by Gasteiger charge is 2.13. The summed E-state index contributed by atoms with van der Waals surface area (Å²) in [5, 5.41) is 2.98. The van der Waals surface area contributed by atoms with Gasteiger partial charge in [0.2, 0.25) is 5.91 Å². The highest BCUT2D eigenvalue weighted by Crippen LogP contribution is 2.14. The van der Waals surface area contributed by atoms with Crippen molar-refractivity contribution in [3.8, 4) is 0 Å². The lowest BCUT2D eigenvalue weighted by atomic mass is 9.94. The number of rotatable bonds is 7. The van der Waals surface area contributed by atoms with E-state index in [2.05, 4.69) is 32.2 Å². The molecule has 0 saturated heterocycles. The molecule has 0 aliphatic rings. The van der Waals surface area contributed by atoms with Crippen LogP contribution in [-0.2, 0) is 11.3 Å². The quantitative estimate of drug-likeness (QED) is 0.793. The first kappa shape index (κ1) is 15.7. The number of benzene rings is 1. The van der Waals surface area contributed by atoms with Crippen molar-refractivity contribution in [2.75, 3.05) is 6.54 Å². The van der Waals surface area contributed by atoms with Crippen LogP contribution in [0.5, 0.6) is 0 Å². The number of amides is 1. The van der Waals surface area contributed by atoms with Gasteiger partial charge in [0.1, 0.15) is 0 Å². The van der Waals surface area contributed by atoms with E-state index in [9.17, 15) is 4.79 Å². The molecule has 1 unspecified atom stereocenters. The fourth-order valence-corrected chi connectivity index (χ4v) is 2.27. The molecular weight excluding hydrogens is 236 g/mol. The zero-order valence-corrected chi connectivity index (χ0v) is 12.3. The fourth-order valence-electron chi connectivity index (χ4n) is 2.27. The molecule has 3 nitrogen and oxygen atoms in total. The van der Waals surface area contributed by atoms with E-state index in [1.54, 1.807) is 0 Å². The second-order valence-corrected chi connectivity index (χ2v) is 5.64. The Hall–Kier alpha value is -1.35. The Morgan fingerprint density at radius 2 is 2.00 bits per heavy atom. The van der Waals surface area contributed by atoms with Gasteiger partial charge in [0, 0.05) is 13.0 Å². The lowest BCUT2D eigenvalue weighted by Gasteiger charge is -2.16. The Labute approximate surface area is 116 Å². The van der Waals surface area contributed by atoms with E-state index in [4.69, 9.17) is 5.73 Å². The molecule has 0 heterocycles. The van der Waals surface area contributed by atoms with E-state index >= 15 is 0 Å². The predicted octanol–water partition coefficient (Wildman–Crippen LogP) is 2.62. The minimum atomic E-state index is 0.0966. The normalized spacial score (nSPS) is 12.5. The van der Waals surface area contributed by atoms with Gasteiger partial charge in [-0.2, -0.15) is 0 Å². The molecule has 0 spiro atoms. The Kier molecular flexibility index (Phi) is 6.57. The minimum absolute atomic E-state index is 0.0966. The first-order valence-corrected chi connectivity index (χ1v) is 7.04. The average molecular weight is 262 g/mol. The molecule has 1 atom stereocenters. The van der Waals surface area contributed by atoms with Gasteiger partial charge in [-0.25, -0.2) is 0 Å². The molecule has 1 aromatic carbocycles. The van der Waals surface area contributed by atoms with Crippen molar-refractivity contribution in [3.63, 3.8) is 0 Å². The third kappa shape index (κ3) is 5.88. The Balaban J connectivity index is 2.41. The van der Waals surface area contributed by atoms with E-state index in [0.29, 0.717) is 25.4 Å². The maximum absolute atomic E-state index is 11.9. The van der Waals surface area contributed by atoms with Crippen LogP contribution >= 0.6 is 0 Å². The van der Waals surface area contributed by atoms with E-state index in [-0.39, 0.29) is 11.8 Å². The molecule has 0 saturated carbocycles. The number of carbonyl (C=O) groups excluding carboxylic acids is 1. The summed E-state index contributed by atoms with van der Waals surface area (Å²) in [6.07, 6.45) is 1.54. The van der Waals surface area contributed by atoms with Gasteiger partial charge < -0.3 is 11.1 Å². The van der Waals surface area contributed by atoms with Gasteiger partial charge in [-0.1, -0.05) is 38.1 Å². The molecule has 0 aliphatic carbocycles. The summed E-state index contributed by atoms with van der Waals surface area (Å²) in [5.74, 6) is 0.967. The summed E-state index contributed by atoms with van der Waals surface area (Å²) >= 11 is 0. The van der Waals surface area contributed by atoms with Gasteiger partial charge >= 0.3 is 0 Å². The Bertz CT molecular complexity index is 401. The molecule has 1 amide bonds. The minimum Gasteiger partial charge on any atom is -0.352 e. The summed E-state index contributed by atoms with van der Waals surface area (Å²) in [7, 11) is 0. The van der Waals surface area contributed by atoms with Crippen LogP contribution in [0.15, 0.2) is 24.3 Å². The lowest BCUT2D eigenvalue weighted by Crippen LogP contribution is -2.28. The zero-order chi connectivity index (χ0) is 14.3. The molecule has 19 heavy (non-hydrogen) atoms. The Morgan fingerprint density at radius 1 is 1.32 bits per heavy atom. The van der Waals surface area contributed by atoms with E-state index in [0.717, 1.165) is 6.42 Å². The third-order valence-corrected chi connectivity index (χ3v) is 3.35. The summed E-state index contributed by atoms with van der Waals surface area (Å²) in [5.41, 5.74) is 8.10. The van der Waals surface area contributed by atoms with Gasteiger partial charge in [-0.15, -0.1) is 0 Å². The number of hydrogen-bond donors (Lipinski definition) is 2. The van der Waals surface area contributed by atoms with Gasteiger partial charge in [-0.05, 0) is 42.9 Å². The molecule has 0 bridgehead atoms. The van der Waals surface area contributed by atoms with Crippen LogP contribution in [0.2, 0.25) is 0 Å².